The van der Waals surface area contributed by atoms with Crippen LogP contribution in [-0.4, -0.2) is 66.5 Å². The summed E-state index contributed by atoms with van der Waals surface area (Å²) in [5.74, 6) is -1.45. The van der Waals surface area contributed by atoms with Gasteiger partial charge in [0, 0.05) is 19.3 Å². The molecule has 0 aliphatic rings. The molecule has 0 radical (unpaired) electrons. The molecule has 78 heavy (non-hydrogen) atoms. The highest BCUT2D eigenvalue weighted by atomic mass is 31.2. The van der Waals surface area contributed by atoms with Crippen molar-refractivity contribution in [3.8, 4) is 0 Å². The van der Waals surface area contributed by atoms with Crippen molar-refractivity contribution in [2.45, 2.75) is 328 Å². The Morgan fingerprint density at radius 3 is 0.974 bits per heavy atom. The number of unbranched alkanes of at least 4 members (excludes halogenated alkanes) is 36. The molecule has 0 bridgehead atoms. The molecular formula is C66H121O11P. The Morgan fingerprint density at radius 1 is 0.359 bits per heavy atom. The topological polar surface area (TPSA) is 155 Å². The number of esters is 3. The summed E-state index contributed by atoms with van der Waals surface area (Å²) in [7, 11) is -4.75. The molecule has 0 aromatic heterocycles. The second-order valence-electron chi connectivity index (χ2n) is 21.9. The molecule has 0 rings (SSSR count). The number of aliphatic hydroxyl groups excluding tert-OH is 1. The van der Waals surface area contributed by atoms with Crippen LogP contribution < -0.4 is 0 Å². The van der Waals surface area contributed by atoms with Gasteiger partial charge in [-0.1, -0.05) is 262 Å². The van der Waals surface area contributed by atoms with Crippen LogP contribution in [0.1, 0.15) is 316 Å². The van der Waals surface area contributed by atoms with Gasteiger partial charge in [-0.15, -0.1) is 0 Å². The van der Waals surface area contributed by atoms with Crippen molar-refractivity contribution < 1.29 is 52.2 Å². The van der Waals surface area contributed by atoms with Crippen molar-refractivity contribution in [1.29, 1.82) is 0 Å². The number of hydrogen-bond donors (Lipinski definition) is 2. The summed E-state index contributed by atoms with van der Waals surface area (Å²) in [5, 5.41) is 9.85. The van der Waals surface area contributed by atoms with Gasteiger partial charge in [0.05, 0.1) is 19.8 Å². The first-order valence-electron chi connectivity index (χ1n) is 32.5. The minimum atomic E-state index is -4.75. The lowest BCUT2D eigenvalue weighted by atomic mass is 10.0. The number of allylic oxidation sites excluding steroid dienone is 8. The maximum Gasteiger partial charge on any atom is 0.472 e. The highest BCUT2D eigenvalue weighted by Crippen LogP contribution is 2.43. The van der Waals surface area contributed by atoms with Gasteiger partial charge < -0.3 is 24.2 Å². The molecule has 2 N–H and O–H groups in total. The van der Waals surface area contributed by atoms with E-state index in [0.29, 0.717) is 19.3 Å². The van der Waals surface area contributed by atoms with Crippen LogP contribution in [0.2, 0.25) is 0 Å². The summed E-state index contributed by atoms with van der Waals surface area (Å²) in [5.41, 5.74) is 0. The molecule has 0 spiro atoms. The third-order valence-electron chi connectivity index (χ3n) is 14.2. The Hall–Kier alpha value is -2.56. The van der Waals surface area contributed by atoms with Crippen LogP contribution >= 0.6 is 7.82 Å². The van der Waals surface area contributed by atoms with Crippen molar-refractivity contribution in [1.82, 2.24) is 0 Å². The summed E-state index contributed by atoms with van der Waals surface area (Å²) in [4.78, 5) is 48.8. The lowest BCUT2D eigenvalue weighted by molar-refractivity contribution is -0.161. The third-order valence-corrected chi connectivity index (χ3v) is 15.2. The maximum atomic E-state index is 13.0. The Balaban J connectivity index is 4.67. The normalized spacial score (nSPS) is 13.6. The van der Waals surface area contributed by atoms with E-state index in [1.54, 1.807) is 0 Å². The van der Waals surface area contributed by atoms with Crippen molar-refractivity contribution >= 4 is 25.7 Å². The zero-order valence-corrected chi connectivity index (χ0v) is 51.5. The van der Waals surface area contributed by atoms with E-state index in [9.17, 15) is 28.9 Å². The molecule has 0 aliphatic heterocycles. The van der Waals surface area contributed by atoms with Crippen LogP contribution in [0.5, 0.6) is 0 Å². The number of aliphatic hydroxyl groups is 1. The molecule has 12 heteroatoms. The van der Waals surface area contributed by atoms with E-state index in [1.807, 2.05) is 0 Å². The molecular weight excluding hydrogens is 1000 g/mol. The zero-order valence-electron chi connectivity index (χ0n) is 50.6. The van der Waals surface area contributed by atoms with Crippen molar-refractivity contribution in [2.75, 3.05) is 26.4 Å². The van der Waals surface area contributed by atoms with E-state index in [-0.39, 0.29) is 25.9 Å². The standard InChI is InChI=1S/C66H121O11P/c1-4-7-10-13-16-19-22-25-28-30-31-33-36-39-42-45-48-51-54-57-66(70)77-63(59-73-64(68)55-52-49-46-43-40-37-34-27-24-21-18-15-12-9-6-3)61-75-78(71,72)74-60-62(58-67)76-65(69)56-53-50-47-44-41-38-35-32-29-26-23-20-17-14-11-8-5-2/h16-17,19-20,25-26,28-29,62-63,67H,4-15,18,21-24,27,30-61H2,1-3H3,(H,71,72)/b19-16-,20-17-,28-25-,29-26-. The molecule has 0 fully saturated rings. The molecule has 3 unspecified atom stereocenters. The molecule has 0 aliphatic carbocycles. The average molecular weight is 1120 g/mol. The van der Waals surface area contributed by atoms with Crippen molar-refractivity contribution in [3.63, 3.8) is 0 Å². The van der Waals surface area contributed by atoms with Gasteiger partial charge in [0.25, 0.3) is 0 Å². The van der Waals surface area contributed by atoms with E-state index in [0.717, 1.165) is 89.9 Å². The van der Waals surface area contributed by atoms with E-state index in [2.05, 4.69) is 69.4 Å². The van der Waals surface area contributed by atoms with E-state index in [4.69, 9.17) is 23.3 Å². The quantitative estimate of drug-likeness (QED) is 0.0197. The first-order chi connectivity index (χ1) is 38.2. The predicted molar refractivity (Wildman–Crippen MR) is 325 cm³/mol. The molecule has 0 aromatic carbocycles. The predicted octanol–water partition coefficient (Wildman–Crippen LogP) is 19.7. The third kappa shape index (κ3) is 58.1. The van der Waals surface area contributed by atoms with Crippen molar-refractivity contribution in [2.24, 2.45) is 0 Å². The first kappa shape index (κ1) is 75.4. The van der Waals surface area contributed by atoms with Crippen LogP contribution in [0.15, 0.2) is 48.6 Å². The van der Waals surface area contributed by atoms with Crippen LogP contribution in [0.4, 0.5) is 0 Å². The molecule has 0 saturated carbocycles. The van der Waals surface area contributed by atoms with Crippen molar-refractivity contribution in [3.05, 3.63) is 48.6 Å². The minimum Gasteiger partial charge on any atom is -0.462 e. The van der Waals surface area contributed by atoms with Gasteiger partial charge in [-0.3, -0.25) is 23.4 Å². The van der Waals surface area contributed by atoms with Gasteiger partial charge in [-0.05, 0) is 83.5 Å². The Morgan fingerprint density at radius 2 is 0.628 bits per heavy atom. The average Bonchev–Trinajstić information content (AvgIpc) is 3.43. The Labute approximate surface area is 479 Å². The van der Waals surface area contributed by atoms with Gasteiger partial charge >= 0.3 is 25.7 Å². The van der Waals surface area contributed by atoms with Crippen LogP contribution in [0.3, 0.4) is 0 Å². The fraction of sp³-hybridized carbons (Fsp3) is 0.833. The van der Waals surface area contributed by atoms with E-state index in [1.165, 1.54) is 167 Å². The zero-order chi connectivity index (χ0) is 56.9. The van der Waals surface area contributed by atoms with Gasteiger partial charge in [-0.25, -0.2) is 4.57 Å². The second-order valence-corrected chi connectivity index (χ2v) is 23.4. The van der Waals surface area contributed by atoms with Gasteiger partial charge in [0.15, 0.2) is 6.10 Å². The number of ether oxygens (including phenoxy) is 3. The maximum absolute atomic E-state index is 13.0. The van der Waals surface area contributed by atoms with Gasteiger partial charge in [0.1, 0.15) is 12.7 Å². The molecule has 3 atom stereocenters. The summed E-state index contributed by atoms with van der Waals surface area (Å²) >= 11 is 0. The number of rotatable bonds is 61. The first-order valence-corrected chi connectivity index (χ1v) is 34.0. The minimum absolute atomic E-state index is 0.165. The van der Waals surface area contributed by atoms with Crippen LogP contribution in [0, 0.1) is 0 Å². The Bertz CT molecular complexity index is 1490. The number of phosphoric ester groups is 1. The van der Waals surface area contributed by atoms with Gasteiger partial charge in [-0.2, -0.15) is 0 Å². The molecule has 11 nitrogen and oxygen atoms in total. The molecule has 456 valence electrons. The fourth-order valence-corrected chi connectivity index (χ4v) is 10.0. The largest absolute Gasteiger partial charge is 0.472 e. The Kier molecular flexibility index (Phi) is 58.5. The number of carbonyl (C=O) groups is 3. The highest BCUT2D eigenvalue weighted by Gasteiger charge is 2.28. The summed E-state index contributed by atoms with van der Waals surface area (Å²) in [6.45, 7) is 4.65. The lowest BCUT2D eigenvalue weighted by Gasteiger charge is -2.21. The molecule has 0 aromatic rings. The summed E-state index contributed by atoms with van der Waals surface area (Å²) < 4.78 is 39.7. The second kappa shape index (κ2) is 60.5. The van der Waals surface area contributed by atoms with Crippen LogP contribution in [-0.2, 0) is 42.2 Å². The van der Waals surface area contributed by atoms with E-state index < -0.39 is 57.8 Å². The smallest absolute Gasteiger partial charge is 0.462 e. The number of hydrogen-bond acceptors (Lipinski definition) is 10. The highest BCUT2D eigenvalue weighted by molar-refractivity contribution is 7.47. The SMILES string of the molecule is CCCCC/C=C\C/C=C\CCCCCCCCCCCC(=O)OC(COC(=O)CCCCCCCCCCCCCCCCC)COP(=O)(O)OCC(CO)OC(=O)CCCCCCCCC/C=C\C/C=C\CCCCC. The van der Waals surface area contributed by atoms with Crippen LogP contribution in [0.25, 0.3) is 0 Å². The molecule has 0 amide bonds. The molecule has 0 saturated heterocycles. The number of phosphoric acid groups is 1. The summed E-state index contributed by atoms with van der Waals surface area (Å²) in [6, 6.07) is 0. The lowest BCUT2D eigenvalue weighted by Crippen LogP contribution is -2.30. The summed E-state index contributed by atoms with van der Waals surface area (Å²) in [6.07, 6.45) is 66.2. The van der Waals surface area contributed by atoms with Gasteiger partial charge in [0.2, 0.25) is 0 Å². The molecule has 0 heterocycles. The fourth-order valence-electron chi connectivity index (χ4n) is 9.24. The monoisotopic (exact) mass is 1120 g/mol. The number of carbonyl (C=O) groups excluding carboxylic acids is 3. The van der Waals surface area contributed by atoms with E-state index >= 15 is 0 Å².